The highest BCUT2D eigenvalue weighted by Gasteiger charge is 2.26. The Hall–Kier alpha value is -2.62. The number of carbonyl (C=O) groups is 2. The number of nitrogens with one attached hydrogen (secondary N) is 2. The predicted molar refractivity (Wildman–Crippen MR) is 101 cm³/mol. The molecular formula is C21H24N2O2. The van der Waals surface area contributed by atoms with E-state index in [9.17, 15) is 9.59 Å². The van der Waals surface area contributed by atoms with E-state index < -0.39 is 0 Å². The van der Waals surface area contributed by atoms with Gasteiger partial charge in [-0.25, -0.2) is 0 Å². The molecule has 2 amide bonds. The molecule has 2 N–H and O–H groups in total. The standard InChI is InChI=1S/C21H24N2O2/c1-14(2)20(24)22-16-10-12-17(13-11-16)23-21(25)19-9-5-7-15-6-3-4-8-18(15)19/h3-4,6,8,10-14,19H,5,7,9H2,1-2H3,(H,22,24)(H,23,25). The summed E-state index contributed by atoms with van der Waals surface area (Å²) < 4.78 is 0. The molecule has 0 saturated heterocycles. The second kappa shape index (κ2) is 7.51. The third kappa shape index (κ3) is 4.08. The van der Waals surface area contributed by atoms with Crippen molar-refractivity contribution in [3.8, 4) is 0 Å². The van der Waals surface area contributed by atoms with Crippen LogP contribution in [0, 0.1) is 5.92 Å². The zero-order valence-corrected chi connectivity index (χ0v) is 14.7. The third-order valence-electron chi connectivity index (χ3n) is 4.63. The first-order valence-corrected chi connectivity index (χ1v) is 8.84. The highest BCUT2D eigenvalue weighted by Crippen LogP contribution is 2.32. The summed E-state index contributed by atoms with van der Waals surface area (Å²) in [5, 5.41) is 5.85. The van der Waals surface area contributed by atoms with Crippen molar-refractivity contribution in [2.75, 3.05) is 10.6 Å². The second-order valence-corrected chi connectivity index (χ2v) is 6.85. The first-order chi connectivity index (χ1) is 12.0. The molecule has 1 aliphatic rings. The number of hydrogen-bond acceptors (Lipinski definition) is 2. The van der Waals surface area contributed by atoms with Crippen LogP contribution in [0.4, 0.5) is 11.4 Å². The summed E-state index contributed by atoms with van der Waals surface area (Å²) in [6.07, 6.45) is 2.96. The summed E-state index contributed by atoms with van der Waals surface area (Å²) in [4.78, 5) is 24.4. The first kappa shape index (κ1) is 17.2. The molecule has 3 rings (SSSR count). The Morgan fingerprint density at radius 1 is 0.960 bits per heavy atom. The topological polar surface area (TPSA) is 58.2 Å². The number of fused-ring (bicyclic) bond motifs is 1. The Morgan fingerprint density at radius 3 is 2.28 bits per heavy atom. The Morgan fingerprint density at radius 2 is 1.60 bits per heavy atom. The lowest BCUT2D eigenvalue weighted by Crippen LogP contribution is -2.24. The van der Waals surface area contributed by atoms with E-state index in [-0.39, 0.29) is 23.7 Å². The fourth-order valence-corrected chi connectivity index (χ4v) is 3.18. The van der Waals surface area contributed by atoms with Gasteiger partial charge in [-0.05, 0) is 54.7 Å². The lowest BCUT2D eigenvalue weighted by atomic mass is 9.82. The molecule has 4 nitrogen and oxygen atoms in total. The highest BCUT2D eigenvalue weighted by atomic mass is 16.2. The molecule has 2 aromatic rings. The number of hydrogen-bond donors (Lipinski definition) is 2. The zero-order chi connectivity index (χ0) is 17.8. The second-order valence-electron chi connectivity index (χ2n) is 6.85. The molecule has 0 saturated carbocycles. The molecule has 1 atom stereocenters. The number of aryl methyl sites for hydroxylation is 1. The first-order valence-electron chi connectivity index (χ1n) is 8.84. The van der Waals surface area contributed by atoms with Gasteiger partial charge in [-0.1, -0.05) is 38.1 Å². The van der Waals surface area contributed by atoms with Crippen molar-refractivity contribution in [1.82, 2.24) is 0 Å². The maximum Gasteiger partial charge on any atom is 0.231 e. The predicted octanol–water partition coefficient (Wildman–Crippen LogP) is 4.34. The number of carbonyl (C=O) groups excluding carboxylic acids is 2. The smallest absolute Gasteiger partial charge is 0.231 e. The summed E-state index contributed by atoms with van der Waals surface area (Å²) in [6.45, 7) is 3.71. The number of amides is 2. The summed E-state index contributed by atoms with van der Waals surface area (Å²) in [5.41, 5.74) is 3.91. The van der Waals surface area contributed by atoms with Gasteiger partial charge >= 0.3 is 0 Å². The van der Waals surface area contributed by atoms with Crippen molar-refractivity contribution in [1.29, 1.82) is 0 Å². The number of rotatable bonds is 4. The summed E-state index contributed by atoms with van der Waals surface area (Å²) >= 11 is 0. The van der Waals surface area contributed by atoms with Gasteiger partial charge in [0.1, 0.15) is 0 Å². The Balaban J connectivity index is 1.67. The van der Waals surface area contributed by atoms with E-state index in [2.05, 4.69) is 22.8 Å². The van der Waals surface area contributed by atoms with Gasteiger partial charge < -0.3 is 10.6 Å². The van der Waals surface area contributed by atoms with Crippen molar-refractivity contribution in [2.24, 2.45) is 5.92 Å². The normalized spacial score (nSPS) is 16.2. The van der Waals surface area contributed by atoms with Gasteiger partial charge in [0.15, 0.2) is 0 Å². The molecule has 25 heavy (non-hydrogen) atoms. The number of anilines is 2. The molecule has 0 aromatic heterocycles. The van der Waals surface area contributed by atoms with Crippen LogP contribution in [0.1, 0.15) is 43.7 Å². The Kier molecular flexibility index (Phi) is 5.17. The van der Waals surface area contributed by atoms with Crippen LogP contribution in [-0.4, -0.2) is 11.8 Å². The molecule has 0 radical (unpaired) electrons. The van der Waals surface area contributed by atoms with Gasteiger partial charge in [-0.2, -0.15) is 0 Å². The van der Waals surface area contributed by atoms with Crippen LogP contribution in [0.2, 0.25) is 0 Å². The Labute approximate surface area is 148 Å². The summed E-state index contributed by atoms with van der Waals surface area (Å²) in [6, 6.07) is 15.5. The minimum absolute atomic E-state index is 0.0180. The van der Waals surface area contributed by atoms with Crippen LogP contribution in [0.15, 0.2) is 48.5 Å². The molecule has 0 fully saturated rings. The molecule has 130 valence electrons. The average molecular weight is 336 g/mol. The quantitative estimate of drug-likeness (QED) is 0.872. The van der Waals surface area contributed by atoms with Crippen LogP contribution < -0.4 is 10.6 Å². The molecule has 1 unspecified atom stereocenters. The SMILES string of the molecule is CC(C)C(=O)Nc1ccc(NC(=O)C2CCCc3ccccc32)cc1. The van der Waals surface area contributed by atoms with Gasteiger partial charge in [0.25, 0.3) is 0 Å². The summed E-state index contributed by atoms with van der Waals surface area (Å²) in [7, 11) is 0. The van der Waals surface area contributed by atoms with Gasteiger partial charge in [0, 0.05) is 17.3 Å². The van der Waals surface area contributed by atoms with E-state index in [0.29, 0.717) is 0 Å². The van der Waals surface area contributed by atoms with Gasteiger partial charge in [-0.3, -0.25) is 9.59 Å². The molecule has 0 heterocycles. The van der Waals surface area contributed by atoms with Gasteiger partial charge in [0.2, 0.25) is 11.8 Å². The van der Waals surface area contributed by atoms with Crippen molar-refractivity contribution >= 4 is 23.2 Å². The number of benzene rings is 2. The largest absolute Gasteiger partial charge is 0.326 e. The molecule has 2 aromatic carbocycles. The minimum atomic E-state index is -0.0923. The molecule has 4 heteroatoms. The molecule has 0 spiro atoms. The van der Waals surface area contributed by atoms with Crippen molar-refractivity contribution in [3.63, 3.8) is 0 Å². The van der Waals surface area contributed by atoms with E-state index in [1.165, 1.54) is 5.56 Å². The van der Waals surface area contributed by atoms with Crippen LogP contribution in [0.3, 0.4) is 0 Å². The van der Waals surface area contributed by atoms with Gasteiger partial charge in [-0.15, -0.1) is 0 Å². The zero-order valence-electron chi connectivity index (χ0n) is 14.7. The van der Waals surface area contributed by atoms with Gasteiger partial charge in [0.05, 0.1) is 5.92 Å². The van der Waals surface area contributed by atoms with Crippen molar-refractivity contribution in [2.45, 2.75) is 39.0 Å². The fraction of sp³-hybridized carbons (Fsp3) is 0.333. The fourth-order valence-electron chi connectivity index (χ4n) is 3.18. The monoisotopic (exact) mass is 336 g/mol. The molecule has 1 aliphatic carbocycles. The third-order valence-corrected chi connectivity index (χ3v) is 4.63. The lowest BCUT2D eigenvalue weighted by molar-refractivity contribution is -0.119. The van der Waals surface area contributed by atoms with Crippen molar-refractivity contribution in [3.05, 3.63) is 59.7 Å². The van der Waals surface area contributed by atoms with Crippen LogP contribution in [0.25, 0.3) is 0 Å². The van der Waals surface area contributed by atoms with E-state index >= 15 is 0 Å². The van der Waals surface area contributed by atoms with Crippen LogP contribution in [-0.2, 0) is 16.0 Å². The van der Waals surface area contributed by atoms with E-state index in [0.717, 1.165) is 36.2 Å². The van der Waals surface area contributed by atoms with E-state index in [1.807, 2.05) is 50.2 Å². The maximum absolute atomic E-state index is 12.7. The highest BCUT2D eigenvalue weighted by molar-refractivity contribution is 5.97. The molecule has 0 bridgehead atoms. The lowest BCUT2D eigenvalue weighted by Gasteiger charge is -2.24. The van der Waals surface area contributed by atoms with E-state index in [1.54, 1.807) is 0 Å². The molecular weight excluding hydrogens is 312 g/mol. The van der Waals surface area contributed by atoms with Crippen LogP contribution >= 0.6 is 0 Å². The minimum Gasteiger partial charge on any atom is -0.326 e. The maximum atomic E-state index is 12.7. The van der Waals surface area contributed by atoms with Crippen molar-refractivity contribution < 1.29 is 9.59 Å². The average Bonchev–Trinajstić information content (AvgIpc) is 2.62. The molecule has 0 aliphatic heterocycles. The van der Waals surface area contributed by atoms with Crippen LogP contribution in [0.5, 0.6) is 0 Å². The summed E-state index contributed by atoms with van der Waals surface area (Å²) in [5.74, 6) is -0.141. The Bertz CT molecular complexity index is 766. The van der Waals surface area contributed by atoms with E-state index in [4.69, 9.17) is 0 Å².